The lowest BCUT2D eigenvalue weighted by Gasteiger charge is -2.09. The molecule has 0 heterocycles. The van der Waals surface area contributed by atoms with E-state index < -0.39 is 0 Å². The summed E-state index contributed by atoms with van der Waals surface area (Å²) < 4.78 is 0. The molecule has 0 saturated carbocycles. The molecule has 0 aliphatic heterocycles. The molecule has 0 aromatic rings. The van der Waals surface area contributed by atoms with Crippen LogP contribution in [0, 0.1) is 0 Å². The number of hydrogen-bond donors (Lipinski definition) is 2. The van der Waals surface area contributed by atoms with Crippen LogP contribution in [0.4, 0.5) is 0 Å². The minimum atomic E-state index is -0.0441. The fourth-order valence-corrected chi connectivity index (χ4v) is 3.02. The average Bonchev–Trinajstić information content (AvgIpc) is 2.53. The lowest BCUT2D eigenvalue weighted by Crippen LogP contribution is -2.05. The maximum Gasteiger partial charge on any atom is 0.0540 e. The maximum absolute atomic E-state index is 9.76. The molecule has 2 N–H and O–H groups in total. The first-order chi connectivity index (χ1) is 10.8. The zero-order valence-electron chi connectivity index (χ0n) is 15.2. The van der Waals surface area contributed by atoms with Crippen molar-refractivity contribution in [3.8, 4) is 0 Å². The van der Waals surface area contributed by atoms with E-state index in [1.165, 1.54) is 89.9 Å². The molecule has 0 unspecified atom stereocenters. The van der Waals surface area contributed by atoms with Crippen LogP contribution in [-0.4, -0.2) is 22.9 Å². The van der Waals surface area contributed by atoms with Gasteiger partial charge in [-0.1, -0.05) is 96.8 Å². The van der Waals surface area contributed by atoms with Crippen molar-refractivity contribution in [2.45, 2.75) is 122 Å². The van der Waals surface area contributed by atoms with Crippen molar-refractivity contribution in [2.75, 3.05) is 6.61 Å². The predicted octanol–water partition coefficient (Wildman–Crippen LogP) is 5.99. The molecule has 0 aliphatic carbocycles. The minimum absolute atomic E-state index is 0.0441. The van der Waals surface area contributed by atoms with Gasteiger partial charge in [0.1, 0.15) is 0 Å². The molecule has 0 fully saturated rings. The van der Waals surface area contributed by atoms with Gasteiger partial charge in [0, 0.05) is 6.61 Å². The Labute approximate surface area is 139 Å². The summed E-state index contributed by atoms with van der Waals surface area (Å²) in [5, 5.41) is 18.5. The Morgan fingerprint density at radius 1 is 0.545 bits per heavy atom. The standard InChI is InChI=1S/C20H42O2/c1-2-3-17-20(22)18-15-13-11-9-7-5-4-6-8-10-12-14-16-19-21/h20-22H,2-19H2,1H3/t20-/m0/s1. The van der Waals surface area contributed by atoms with Gasteiger partial charge in [-0.25, -0.2) is 0 Å². The molecule has 0 amide bonds. The molecular weight excluding hydrogens is 272 g/mol. The third-order valence-electron chi connectivity index (χ3n) is 4.59. The lowest BCUT2D eigenvalue weighted by atomic mass is 10.0. The molecule has 2 heteroatoms. The zero-order valence-corrected chi connectivity index (χ0v) is 15.2. The average molecular weight is 315 g/mol. The van der Waals surface area contributed by atoms with Crippen LogP contribution in [0.25, 0.3) is 0 Å². The maximum atomic E-state index is 9.76. The Kier molecular flexibility index (Phi) is 18.9. The van der Waals surface area contributed by atoms with Gasteiger partial charge in [0.05, 0.1) is 6.10 Å². The molecule has 0 radical (unpaired) electrons. The number of aliphatic hydroxyl groups excluding tert-OH is 2. The molecule has 0 spiro atoms. The highest BCUT2D eigenvalue weighted by molar-refractivity contribution is 4.56. The van der Waals surface area contributed by atoms with E-state index in [0.717, 1.165) is 19.3 Å². The van der Waals surface area contributed by atoms with Crippen LogP contribution in [0.1, 0.15) is 116 Å². The second-order valence-corrected chi connectivity index (χ2v) is 6.90. The molecule has 0 rings (SSSR count). The lowest BCUT2D eigenvalue weighted by molar-refractivity contribution is 0.148. The van der Waals surface area contributed by atoms with Gasteiger partial charge in [-0.15, -0.1) is 0 Å². The minimum Gasteiger partial charge on any atom is -0.396 e. The first kappa shape index (κ1) is 21.9. The number of unbranched alkanes of at least 4 members (excludes halogenated alkanes) is 13. The van der Waals surface area contributed by atoms with Crippen LogP contribution in [-0.2, 0) is 0 Å². The molecule has 134 valence electrons. The van der Waals surface area contributed by atoms with Crippen molar-refractivity contribution in [3.63, 3.8) is 0 Å². The second-order valence-electron chi connectivity index (χ2n) is 6.90. The zero-order chi connectivity index (χ0) is 16.3. The molecule has 0 saturated heterocycles. The molecule has 0 aromatic heterocycles. The van der Waals surface area contributed by atoms with Crippen molar-refractivity contribution >= 4 is 0 Å². The van der Waals surface area contributed by atoms with Crippen LogP contribution < -0.4 is 0 Å². The Hall–Kier alpha value is -0.0800. The summed E-state index contributed by atoms with van der Waals surface area (Å²) in [6.07, 6.45) is 21.3. The SMILES string of the molecule is CCCC[C@H](O)CCCCCCCCCCCCCCCO. The van der Waals surface area contributed by atoms with E-state index in [0.29, 0.717) is 6.61 Å². The van der Waals surface area contributed by atoms with Crippen molar-refractivity contribution in [2.24, 2.45) is 0 Å². The third-order valence-corrected chi connectivity index (χ3v) is 4.59. The van der Waals surface area contributed by atoms with Gasteiger partial charge in [0.25, 0.3) is 0 Å². The summed E-state index contributed by atoms with van der Waals surface area (Å²) in [6, 6.07) is 0. The fourth-order valence-electron chi connectivity index (χ4n) is 3.02. The summed E-state index contributed by atoms with van der Waals surface area (Å²) in [4.78, 5) is 0. The summed E-state index contributed by atoms with van der Waals surface area (Å²) in [5.74, 6) is 0. The van der Waals surface area contributed by atoms with Gasteiger partial charge in [0.15, 0.2) is 0 Å². The number of rotatable bonds is 18. The Balaban J connectivity index is 3.02. The van der Waals surface area contributed by atoms with E-state index >= 15 is 0 Å². The van der Waals surface area contributed by atoms with Crippen molar-refractivity contribution in [1.29, 1.82) is 0 Å². The highest BCUT2D eigenvalue weighted by Gasteiger charge is 2.02. The van der Waals surface area contributed by atoms with E-state index in [2.05, 4.69) is 6.92 Å². The van der Waals surface area contributed by atoms with E-state index in [9.17, 15) is 5.11 Å². The molecule has 1 atom stereocenters. The highest BCUT2D eigenvalue weighted by atomic mass is 16.3. The summed E-state index contributed by atoms with van der Waals surface area (Å²) in [6.45, 7) is 2.54. The van der Waals surface area contributed by atoms with Crippen LogP contribution in [0.15, 0.2) is 0 Å². The number of aliphatic hydroxyl groups is 2. The molecule has 2 nitrogen and oxygen atoms in total. The van der Waals surface area contributed by atoms with Gasteiger partial charge in [-0.2, -0.15) is 0 Å². The third kappa shape index (κ3) is 18.0. The molecule has 0 aromatic carbocycles. The first-order valence-corrected chi connectivity index (χ1v) is 10.1. The molecule has 0 aliphatic rings. The van der Waals surface area contributed by atoms with Gasteiger partial charge in [-0.3, -0.25) is 0 Å². The van der Waals surface area contributed by atoms with E-state index in [1.807, 2.05) is 0 Å². The van der Waals surface area contributed by atoms with E-state index in [1.54, 1.807) is 0 Å². The largest absolute Gasteiger partial charge is 0.396 e. The van der Waals surface area contributed by atoms with Crippen LogP contribution in [0.2, 0.25) is 0 Å². The number of hydrogen-bond acceptors (Lipinski definition) is 2. The van der Waals surface area contributed by atoms with Crippen LogP contribution in [0.3, 0.4) is 0 Å². The summed E-state index contributed by atoms with van der Waals surface area (Å²) in [5.41, 5.74) is 0. The summed E-state index contributed by atoms with van der Waals surface area (Å²) in [7, 11) is 0. The monoisotopic (exact) mass is 314 g/mol. The molecule has 0 bridgehead atoms. The van der Waals surface area contributed by atoms with Crippen LogP contribution >= 0.6 is 0 Å². The van der Waals surface area contributed by atoms with Gasteiger partial charge >= 0.3 is 0 Å². The Morgan fingerprint density at radius 3 is 1.32 bits per heavy atom. The van der Waals surface area contributed by atoms with E-state index in [-0.39, 0.29) is 6.10 Å². The predicted molar refractivity (Wildman–Crippen MR) is 97.3 cm³/mol. The van der Waals surface area contributed by atoms with Crippen LogP contribution in [0.5, 0.6) is 0 Å². The second kappa shape index (κ2) is 19.0. The van der Waals surface area contributed by atoms with Gasteiger partial charge in [0.2, 0.25) is 0 Å². The highest BCUT2D eigenvalue weighted by Crippen LogP contribution is 2.14. The molecule has 22 heavy (non-hydrogen) atoms. The van der Waals surface area contributed by atoms with Gasteiger partial charge < -0.3 is 10.2 Å². The quantitative estimate of drug-likeness (QED) is 0.305. The van der Waals surface area contributed by atoms with Crippen molar-refractivity contribution < 1.29 is 10.2 Å². The van der Waals surface area contributed by atoms with E-state index in [4.69, 9.17) is 5.11 Å². The Bertz CT molecular complexity index is 194. The topological polar surface area (TPSA) is 40.5 Å². The first-order valence-electron chi connectivity index (χ1n) is 10.1. The fraction of sp³-hybridized carbons (Fsp3) is 1.00. The Morgan fingerprint density at radius 2 is 0.909 bits per heavy atom. The normalized spacial score (nSPS) is 12.7. The summed E-state index contributed by atoms with van der Waals surface area (Å²) >= 11 is 0. The molecular formula is C20H42O2. The van der Waals surface area contributed by atoms with Crippen molar-refractivity contribution in [1.82, 2.24) is 0 Å². The smallest absolute Gasteiger partial charge is 0.0540 e. The van der Waals surface area contributed by atoms with Crippen molar-refractivity contribution in [3.05, 3.63) is 0 Å². The van der Waals surface area contributed by atoms with Gasteiger partial charge in [-0.05, 0) is 19.3 Å².